The Morgan fingerprint density at radius 2 is 2.24 bits per heavy atom. The lowest BCUT2D eigenvalue weighted by Crippen LogP contribution is -2.27. The van der Waals surface area contributed by atoms with E-state index in [0.717, 1.165) is 19.3 Å². The molecule has 5 heteroatoms. The van der Waals surface area contributed by atoms with E-state index in [4.69, 9.17) is 9.47 Å². The van der Waals surface area contributed by atoms with Crippen LogP contribution in [-0.4, -0.2) is 32.3 Å². The first kappa shape index (κ1) is 15.8. The van der Waals surface area contributed by atoms with Gasteiger partial charge in [-0.3, -0.25) is 4.79 Å². The Balaban J connectivity index is 1.95. The second-order valence-electron chi connectivity index (χ2n) is 5.45. The number of benzene rings is 1. The number of hydrogen-bond acceptors (Lipinski definition) is 3. The summed E-state index contributed by atoms with van der Waals surface area (Å²) in [5.41, 5.74) is 0.574. The highest BCUT2D eigenvalue weighted by Gasteiger charge is 2.23. The Bertz CT molecular complexity index is 506. The van der Waals surface area contributed by atoms with Crippen LogP contribution in [0.25, 0.3) is 0 Å². The molecule has 0 unspecified atom stereocenters. The van der Waals surface area contributed by atoms with Crippen molar-refractivity contribution in [3.8, 4) is 5.75 Å². The van der Waals surface area contributed by atoms with Crippen LogP contribution in [0, 0.1) is 5.82 Å². The lowest BCUT2D eigenvalue weighted by atomic mass is 10.1. The summed E-state index contributed by atoms with van der Waals surface area (Å²) in [6.45, 7) is 2.05. The molecule has 0 radical (unpaired) electrons. The number of methoxy groups -OCH3 is 1. The summed E-state index contributed by atoms with van der Waals surface area (Å²) in [7, 11) is 3.14. The molecule has 116 valence electrons. The monoisotopic (exact) mass is 295 g/mol. The number of hydrogen-bond donors (Lipinski definition) is 0. The highest BCUT2D eigenvalue weighted by Crippen LogP contribution is 2.29. The minimum atomic E-state index is -0.384. The largest absolute Gasteiger partial charge is 0.494 e. The molecule has 0 N–H and O–H groups in total. The average Bonchev–Trinajstić information content (AvgIpc) is 2.89. The highest BCUT2D eigenvalue weighted by atomic mass is 19.1. The maximum absolute atomic E-state index is 13.2. The van der Waals surface area contributed by atoms with Crippen molar-refractivity contribution in [3.63, 3.8) is 0 Å². The van der Waals surface area contributed by atoms with Gasteiger partial charge in [0, 0.05) is 19.5 Å². The SMILES string of the molecule is COc1cc(F)ccc1N(C)C(=O)CC[C@@H]1CC[C@@H](C)O1. The lowest BCUT2D eigenvalue weighted by Gasteiger charge is -2.21. The number of anilines is 1. The molecule has 0 saturated carbocycles. The van der Waals surface area contributed by atoms with Crippen molar-refractivity contribution in [1.82, 2.24) is 0 Å². The van der Waals surface area contributed by atoms with Crippen molar-refractivity contribution in [1.29, 1.82) is 0 Å². The Kier molecular flexibility index (Phi) is 5.17. The summed E-state index contributed by atoms with van der Waals surface area (Å²) in [4.78, 5) is 13.8. The van der Waals surface area contributed by atoms with Crippen molar-refractivity contribution in [2.24, 2.45) is 0 Å². The fourth-order valence-electron chi connectivity index (χ4n) is 2.61. The molecule has 1 aromatic carbocycles. The second kappa shape index (κ2) is 6.89. The molecule has 1 saturated heterocycles. The quantitative estimate of drug-likeness (QED) is 0.837. The van der Waals surface area contributed by atoms with Gasteiger partial charge >= 0.3 is 0 Å². The molecular formula is C16H22FNO3. The van der Waals surface area contributed by atoms with Gasteiger partial charge in [0.2, 0.25) is 5.91 Å². The normalized spacial score (nSPS) is 21.3. The highest BCUT2D eigenvalue weighted by molar-refractivity contribution is 5.94. The predicted octanol–water partition coefficient (Wildman–Crippen LogP) is 3.14. The maximum atomic E-state index is 13.2. The summed E-state index contributed by atoms with van der Waals surface area (Å²) in [6.07, 6.45) is 3.66. The van der Waals surface area contributed by atoms with Crippen LogP contribution in [0.5, 0.6) is 5.75 Å². The first-order chi connectivity index (χ1) is 10.0. The number of amides is 1. The average molecular weight is 295 g/mol. The van der Waals surface area contributed by atoms with E-state index >= 15 is 0 Å². The first-order valence-electron chi connectivity index (χ1n) is 7.26. The number of carbonyl (C=O) groups is 1. The lowest BCUT2D eigenvalue weighted by molar-refractivity contribution is -0.119. The van der Waals surface area contributed by atoms with Crippen LogP contribution in [0.2, 0.25) is 0 Å². The Labute approximate surface area is 124 Å². The van der Waals surface area contributed by atoms with Gasteiger partial charge in [0.1, 0.15) is 11.6 Å². The van der Waals surface area contributed by atoms with Crippen LogP contribution < -0.4 is 9.64 Å². The third-order valence-corrected chi connectivity index (χ3v) is 3.88. The minimum absolute atomic E-state index is 0.0249. The topological polar surface area (TPSA) is 38.8 Å². The van der Waals surface area contributed by atoms with Gasteiger partial charge in [-0.2, -0.15) is 0 Å². The zero-order valence-electron chi connectivity index (χ0n) is 12.8. The summed E-state index contributed by atoms with van der Waals surface area (Å²) in [6, 6.07) is 4.16. The first-order valence-corrected chi connectivity index (χ1v) is 7.26. The Hall–Kier alpha value is -1.62. The summed E-state index contributed by atoms with van der Waals surface area (Å²) >= 11 is 0. The van der Waals surface area contributed by atoms with E-state index in [9.17, 15) is 9.18 Å². The molecule has 21 heavy (non-hydrogen) atoms. The summed E-state index contributed by atoms with van der Waals surface area (Å²) in [5.74, 6) is -0.0514. The molecule has 0 aliphatic carbocycles. The standard InChI is InChI=1S/C16H22FNO3/c1-11-4-6-13(21-11)7-9-16(19)18(2)14-8-5-12(17)10-15(14)20-3/h5,8,10-11,13H,4,6-7,9H2,1-3H3/t11-,13+/m1/s1. The zero-order valence-corrected chi connectivity index (χ0v) is 12.8. The molecule has 1 fully saturated rings. The van der Waals surface area contributed by atoms with Crippen molar-refractivity contribution in [3.05, 3.63) is 24.0 Å². The number of halogens is 1. The van der Waals surface area contributed by atoms with Gasteiger partial charge in [-0.25, -0.2) is 4.39 Å². The molecule has 1 aliphatic heterocycles. The zero-order chi connectivity index (χ0) is 15.4. The molecule has 2 atom stereocenters. The van der Waals surface area contributed by atoms with Crippen molar-refractivity contribution in [2.45, 2.75) is 44.8 Å². The molecule has 0 spiro atoms. The second-order valence-corrected chi connectivity index (χ2v) is 5.45. The van der Waals surface area contributed by atoms with E-state index in [1.54, 1.807) is 13.1 Å². The van der Waals surface area contributed by atoms with E-state index in [-0.39, 0.29) is 17.8 Å². The van der Waals surface area contributed by atoms with Gasteiger partial charge in [-0.15, -0.1) is 0 Å². The smallest absolute Gasteiger partial charge is 0.226 e. The number of nitrogens with zero attached hydrogens (tertiary/aromatic N) is 1. The predicted molar refractivity (Wildman–Crippen MR) is 79.2 cm³/mol. The molecule has 0 aromatic heterocycles. The van der Waals surface area contributed by atoms with Gasteiger partial charge in [0.25, 0.3) is 0 Å². The van der Waals surface area contributed by atoms with E-state index in [2.05, 4.69) is 6.92 Å². The number of rotatable bonds is 5. The van der Waals surface area contributed by atoms with E-state index in [1.165, 1.54) is 24.1 Å². The fourth-order valence-corrected chi connectivity index (χ4v) is 2.61. The molecule has 2 rings (SSSR count). The molecule has 1 aromatic rings. The van der Waals surface area contributed by atoms with Gasteiger partial charge in [-0.05, 0) is 38.3 Å². The van der Waals surface area contributed by atoms with Crippen LogP contribution in [0.3, 0.4) is 0 Å². The maximum Gasteiger partial charge on any atom is 0.226 e. The molecule has 0 bridgehead atoms. The minimum Gasteiger partial charge on any atom is -0.494 e. The van der Waals surface area contributed by atoms with E-state index in [1.807, 2.05) is 0 Å². The van der Waals surface area contributed by atoms with Gasteiger partial charge in [0.15, 0.2) is 0 Å². The van der Waals surface area contributed by atoms with Crippen LogP contribution in [-0.2, 0) is 9.53 Å². The Morgan fingerprint density at radius 1 is 1.48 bits per heavy atom. The van der Waals surface area contributed by atoms with Gasteiger partial charge < -0.3 is 14.4 Å². The number of ether oxygens (including phenoxy) is 2. The van der Waals surface area contributed by atoms with E-state index < -0.39 is 0 Å². The van der Waals surface area contributed by atoms with Crippen molar-refractivity contribution >= 4 is 11.6 Å². The Morgan fingerprint density at radius 3 is 2.86 bits per heavy atom. The fraction of sp³-hybridized carbons (Fsp3) is 0.562. The van der Waals surface area contributed by atoms with Gasteiger partial charge in [0.05, 0.1) is 25.0 Å². The van der Waals surface area contributed by atoms with Crippen LogP contribution >= 0.6 is 0 Å². The molecule has 1 amide bonds. The number of carbonyl (C=O) groups excluding carboxylic acids is 1. The third kappa shape index (κ3) is 3.94. The summed E-state index contributed by atoms with van der Waals surface area (Å²) < 4.78 is 24.0. The molecule has 1 aliphatic rings. The van der Waals surface area contributed by atoms with Crippen molar-refractivity contribution in [2.75, 3.05) is 19.1 Å². The van der Waals surface area contributed by atoms with Crippen molar-refractivity contribution < 1.29 is 18.7 Å². The molecule has 4 nitrogen and oxygen atoms in total. The van der Waals surface area contributed by atoms with E-state index in [0.29, 0.717) is 24.0 Å². The molecular weight excluding hydrogens is 273 g/mol. The summed E-state index contributed by atoms with van der Waals surface area (Å²) in [5, 5.41) is 0. The van der Waals surface area contributed by atoms with Crippen LogP contribution in [0.1, 0.15) is 32.6 Å². The molecule has 1 heterocycles. The van der Waals surface area contributed by atoms with Crippen LogP contribution in [0.15, 0.2) is 18.2 Å². The third-order valence-electron chi connectivity index (χ3n) is 3.88. The van der Waals surface area contributed by atoms with Crippen LogP contribution in [0.4, 0.5) is 10.1 Å². The van der Waals surface area contributed by atoms with Gasteiger partial charge in [-0.1, -0.05) is 0 Å².